The van der Waals surface area contributed by atoms with Gasteiger partial charge in [0.05, 0.1) is 12.2 Å². The Morgan fingerprint density at radius 2 is 1.91 bits per heavy atom. The molecule has 2 rings (SSSR count). The minimum Gasteiger partial charge on any atom is -0.413 e. The summed E-state index contributed by atoms with van der Waals surface area (Å²) in [6, 6.07) is 5.47. The Balaban J connectivity index is 2.36. The topological polar surface area (TPSA) is 81.3 Å². The molecule has 0 aliphatic rings. The molecule has 0 atom stereocenters. The van der Waals surface area contributed by atoms with Gasteiger partial charge in [0.15, 0.2) is 0 Å². The van der Waals surface area contributed by atoms with Gasteiger partial charge >= 0.3 is 21.3 Å². The number of alkyl halides is 3. The zero-order valence-electron chi connectivity index (χ0n) is 11.2. The molecule has 6 nitrogen and oxygen atoms in total. The third kappa shape index (κ3) is 3.32. The molecule has 1 N–H and O–H groups in total. The lowest BCUT2D eigenvalue weighted by Crippen LogP contribution is -2.30. The van der Waals surface area contributed by atoms with Crippen LogP contribution in [0, 0.1) is 6.92 Å². The van der Waals surface area contributed by atoms with Crippen LogP contribution in [0.3, 0.4) is 0 Å². The molecule has 0 aliphatic carbocycles. The number of hydrogen-bond acceptors (Lipinski definition) is 4. The third-order valence-electron chi connectivity index (χ3n) is 2.73. The number of halogens is 3. The van der Waals surface area contributed by atoms with Gasteiger partial charge < -0.3 is 4.42 Å². The first-order valence-corrected chi connectivity index (χ1v) is 7.42. The number of rotatable bonds is 4. The van der Waals surface area contributed by atoms with Gasteiger partial charge in [-0.1, -0.05) is 18.2 Å². The number of nitrogens with zero attached hydrogens (tertiary/aromatic N) is 1. The largest absolute Gasteiger partial charge is 0.516 e. The first-order valence-electron chi connectivity index (χ1n) is 5.94. The highest BCUT2D eigenvalue weighted by molar-refractivity contribution is 7.93. The summed E-state index contributed by atoms with van der Waals surface area (Å²) in [6.07, 6.45) is 1.37. The van der Waals surface area contributed by atoms with Crippen molar-refractivity contribution in [3.8, 4) is 0 Å². The molecule has 0 unspecified atom stereocenters. The summed E-state index contributed by atoms with van der Waals surface area (Å²) in [5.74, 6) is -0.357. The van der Waals surface area contributed by atoms with Gasteiger partial charge in [0.1, 0.15) is 5.76 Å². The average Bonchev–Trinajstić information content (AvgIpc) is 2.68. The average molecular weight is 336 g/mol. The standard InChI is InChI=1S/C12H11F3N2O4S/c1-8-6-17(11(18)21-8)7-9-4-2-3-5-10(9)16-22(19,20)12(13,14)15/h2-6,16H,7H2,1H3. The zero-order valence-corrected chi connectivity index (χ0v) is 12.0. The van der Waals surface area contributed by atoms with Crippen LogP contribution in [0.15, 0.2) is 39.7 Å². The lowest BCUT2D eigenvalue weighted by molar-refractivity contribution is -0.0429. The second-order valence-electron chi connectivity index (χ2n) is 4.44. The van der Waals surface area contributed by atoms with Gasteiger partial charge in [-0.2, -0.15) is 21.6 Å². The van der Waals surface area contributed by atoms with E-state index in [1.54, 1.807) is 0 Å². The van der Waals surface area contributed by atoms with Gasteiger partial charge in [-0.15, -0.1) is 0 Å². The Morgan fingerprint density at radius 1 is 1.27 bits per heavy atom. The van der Waals surface area contributed by atoms with Crippen LogP contribution in [0.2, 0.25) is 0 Å². The summed E-state index contributed by atoms with van der Waals surface area (Å²) in [4.78, 5) is 11.5. The van der Waals surface area contributed by atoms with Crippen LogP contribution in [0.5, 0.6) is 0 Å². The van der Waals surface area contributed by atoms with E-state index in [-0.39, 0.29) is 17.8 Å². The first kappa shape index (κ1) is 16.1. The molecular formula is C12H11F3N2O4S. The predicted molar refractivity (Wildman–Crippen MR) is 71.8 cm³/mol. The minimum absolute atomic E-state index is 0.132. The molecule has 22 heavy (non-hydrogen) atoms. The van der Waals surface area contributed by atoms with Crippen LogP contribution >= 0.6 is 0 Å². The van der Waals surface area contributed by atoms with Gasteiger partial charge in [0.25, 0.3) is 0 Å². The van der Waals surface area contributed by atoms with Crippen molar-refractivity contribution < 1.29 is 26.0 Å². The maximum atomic E-state index is 12.4. The number of para-hydroxylation sites is 1. The van der Waals surface area contributed by atoms with E-state index >= 15 is 0 Å². The summed E-state index contributed by atoms with van der Waals surface area (Å²) in [7, 11) is -5.53. The van der Waals surface area contributed by atoms with Crippen molar-refractivity contribution in [2.45, 2.75) is 19.0 Å². The third-order valence-corrected chi connectivity index (χ3v) is 3.83. The molecular weight excluding hydrogens is 325 g/mol. The number of benzene rings is 1. The second kappa shape index (κ2) is 5.52. The van der Waals surface area contributed by atoms with Crippen LogP contribution in [0.25, 0.3) is 0 Å². The summed E-state index contributed by atoms with van der Waals surface area (Å²) in [6.45, 7) is 1.41. The first-order chi connectivity index (χ1) is 10.1. The van der Waals surface area contributed by atoms with Crippen molar-refractivity contribution in [3.63, 3.8) is 0 Å². The smallest absolute Gasteiger partial charge is 0.413 e. The molecule has 1 heterocycles. The van der Waals surface area contributed by atoms with E-state index in [2.05, 4.69) is 0 Å². The molecule has 0 aliphatic heterocycles. The van der Waals surface area contributed by atoms with Gasteiger partial charge in [-0.3, -0.25) is 9.29 Å². The van der Waals surface area contributed by atoms with Gasteiger partial charge in [0, 0.05) is 6.20 Å². The second-order valence-corrected chi connectivity index (χ2v) is 6.12. The maximum absolute atomic E-state index is 12.4. The maximum Gasteiger partial charge on any atom is 0.516 e. The predicted octanol–water partition coefficient (Wildman–Crippen LogP) is 2.06. The fraction of sp³-hybridized carbons (Fsp3) is 0.250. The Hall–Kier alpha value is -2.23. The van der Waals surface area contributed by atoms with Crippen molar-refractivity contribution >= 4 is 15.7 Å². The summed E-state index contributed by atoms with van der Waals surface area (Å²) >= 11 is 0. The Bertz CT molecular complexity index is 837. The molecule has 120 valence electrons. The van der Waals surface area contributed by atoms with E-state index in [1.165, 1.54) is 42.1 Å². The molecule has 2 aromatic rings. The highest BCUT2D eigenvalue weighted by Gasteiger charge is 2.46. The highest BCUT2D eigenvalue weighted by atomic mass is 32.2. The Morgan fingerprint density at radius 3 is 2.45 bits per heavy atom. The van der Waals surface area contributed by atoms with Gasteiger partial charge in [-0.25, -0.2) is 4.79 Å². The molecule has 1 aromatic carbocycles. The normalized spacial score (nSPS) is 12.4. The quantitative estimate of drug-likeness (QED) is 0.927. The number of aromatic nitrogens is 1. The van der Waals surface area contributed by atoms with Crippen LogP contribution in [-0.2, 0) is 16.6 Å². The number of nitrogens with one attached hydrogen (secondary N) is 1. The Labute approximate surface area is 123 Å². The molecule has 0 fully saturated rings. The van der Waals surface area contributed by atoms with Crippen molar-refractivity contribution in [2.24, 2.45) is 0 Å². The molecule has 1 aromatic heterocycles. The highest BCUT2D eigenvalue weighted by Crippen LogP contribution is 2.27. The van der Waals surface area contributed by atoms with Crippen molar-refractivity contribution in [1.82, 2.24) is 4.57 Å². The number of anilines is 1. The van der Waals surface area contributed by atoms with Crippen LogP contribution in [0.1, 0.15) is 11.3 Å². The van der Waals surface area contributed by atoms with Gasteiger partial charge in [-0.05, 0) is 18.6 Å². The van der Waals surface area contributed by atoms with Crippen LogP contribution in [-0.4, -0.2) is 18.5 Å². The molecule has 0 amide bonds. The lowest BCUT2D eigenvalue weighted by atomic mass is 10.2. The number of aryl methyl sites for hydroxylation is 1. The molecule has 0 saturated carbocycles. The number of oxazole rings is 1. The fourth-order valence-electron chi connectivity index (χ4n) is 1.75. The number of hydrogen-bond donors (Lipinski definition) is 1. The minimum atomic E-state index is -5.53. The molecule has 0 spiro atoms. The van der Waals surface area contributed by atoms with Crippen molar-refractivity contribution in [3.05, 3.63) is 52.3 Å². The lowest BCUT2D eigenvalue weighted by Gasteiger charge is -2.14. The monoisotopic (exact) mass is 336 g/mol. The van der Waals surface area contributed by atoms with Crippen molar-refractivity contribution in [1.29, 1.82) is 0 Å². The Kier molecular flexibility index (Phi) is 4.05. The van der Waals surface area contributed by atoms with Crippen LogP contribution in [0.4, 0.5) is 18.9 Å². The van der Waals surface area contributed by atoms with Crippen LogP contribution < -0.4 is 10.5 Å². The summed E-state index contributed by atoms with van der Waals surface area (Å²) in [5, 5.41) is 0. The summed E-state index contributed by atoms with van der Waals surface area (Å²) in [5.41, 5.74) is -5.49. The van der Waals surface area contributed by atoms with Gasteiger partial charge in [0.2, 0.25) is 0 Å². The van der Waals surface area contributed by atoms with E-state index in [0.717, 1.165) is 4.57 Å². The van der Waals surface area contributed by atoms with E-state index in [9.17, 15) is 26.4 Å². The van der Waals surface area contributed by atoms with E-state index in [4.69, 9.17) is 4.42 Å². The van der Waals surface area contributed by atoms with E-state index in [1.807, 2.05) is 0 Å². The van der Waals surface area contributed by atoms with Crippen molar-refractivity contribution in [2.75, 3.05) is 4.72 Å². The molecule has 0 saturated heterocycles. The SMILES string of the molecule is Cc1cn(Cc2ccccc2NS(=O)(=O)C(F)(F)F)c(=O)o1. The molecule has 10 heteroatoms. The van der Waals surface area contributed by atoms with E-state index < -0.39 is 21.3 Å². The fourth-order valence-corrected chi connectivity index (χ4v) is 2.35. The number of sulfonamides is 1. The summed E-state index contributed by atoms with van der Waals surface area (Å²) < 4.78 is 67.0. The molecule has 0 radical (unpaired) electrons. The van der Waals surface area contributed by atoms with E-state index in [0.29, 0.717) is 5.76 Å². The molecule has 0 bridgehead atoms. The zero-order chi connectivity index (χ0) is 16.5.